The lowest BCUT2D eigenvalue weighted by atomic mass is 10.1. The first-order valence-electron chi connectivity index (χ1n) is 8.36. The summed E-state index contributed by atoms with van der Waals surface area (Å²) in [5.41, 5.74) is 1.43. The molecule has 138 valence electrons. The van der Waals surface area contributed by atoms with Crippen LogP contribution in [0.25, 0.3) is 0 Å². The number of rotatable bonds is 5. The lowest BCUT2D eigenvalue weighted by molar-refractivity contribution is 0.0699. The number of hydrogen-bond donors (Lipinski definition) is 0. The van der Waals surface area contributed by atoms with Crippen LogP contribution in [-0.2, 0) is 16.3 Å². The summed E-state index contributed by atoms with van der Waals surface area (Å²) >= 11 is 12.1. The van der Waals surface area contributed by atoms with E-state index in [1.165, 1.54) is 6.07 Å². The van der Waals surface area contributed by atoms with Gasteiger partial charge < -0.3 is 4.90 Å². The maximum Gasteiger partial charge on any atom is 0.255 e. The van der Waals surface area contributed by atoms with Crippen LogP contribution in [-0.4, -0.2) is 43.3 Å². The van der Waals surface area contributed by atoms with Crippen LogP contribution < -0.4 is 0 Å². The van der Waals surface area contributed by atoms with Crippen molar-refractivity contribution in [2.75, 3.05) is 18.1 Å². The Hall–Kier alpha value is -1.56. The Morgan fingerprint density at radius 2 is 1.85 bits per heavy atom. The smallest absolute Gasteiger partial charge is 0.255 e. The second kappa shape index (κ2) is 7.99. The normalized spacial score (nSPS) is 18.6. The van der Waals surface area contributed by atoms with E-state index < -0.39 is 9.84 Å². The van der Waals surface area contributed by atoms with Crippen molar-refractivity contribution in [2.24, 2.45) is 0 Å². The molecule has 1 saturated heterocycles. The van der Waals surface area contributed by atoms with E-state index in [-0.39, 0.29) is 28.5 Å². The molecular weight excluding hydrogens is 393 g/mol. The predicted octanol–water partition coefficient (Wildman–Crippen LogP) is 3.87. The summed E-state index contributed by atoms with van der Waals surface area (Å²) in [4.78, 5) is 14.7. The minimum absolute atomic E-state index is 0.00125. The highest BCUT2D eigenvalue weighted by Crippen LogP contribution is 2.26. The van der Waals surface area contributed by atoms with Gasteiger partial charge in [-0.15, -0.1) is 0 Å². The lowest BCUT2D eigenvalue weighted by Gasteiger charge is -2.29. The highest BCUT2D eigenvalue weighted by molar-refractivity contribution is 7.91. The van der Waals surface area contributed by atoms with Gasteiger partial charge >= 0.3 is 0 Å². The minimum Gasteiger partial charge on any atom is -0.334 e. The van der Waals surface area contributed by atoms with E-state index in [2.05, 4.69) is 0 Å². The van der Waals surface area contributed by atoms with E-state index in [9.17, 15) is 13.2 Å². The van der Waals surface area contributed by atoms with E-state index >= 15 is 0 Å². The van der Waals surface area contributed by atoms with Crippen molar-refractivity contribution in [2.45, 2.75) is 18.9 Å². The highest BCUT2D eigenvalue weighted by atomic mass is 35.5. The van der Waals surface area contributed by atoms with Crippen LogP contribution in [0.2, 0.25) is 10.0 Å². The third kappa shape index (κ3) is 4.58. The second-order valence-corrected chi connectivity index (χ2v) is 9.49. The highest BCUT2D eigenvalue weighted by Gasteiger charge is 2.35. The van der Waals surface area contributed by atoms with Gasteiger partial charge in [0.2, 0.25) is 0 Å². The average Bonchev–Trinajstić information content (AvgIpc) is 2.95. The Bertz CT molecular complexity index is 900. The zero-order chi connectivity index (χ0) is 18.7. The van der Waals surface area contributed by atoms with Gasteiger partial charge in [0.15, 0.2) is 9.84 Å². The number of carbonyl (C=O) groups is 1. The fourth-order valence-corrected chi connectivity index (χ4v) is 5.40. The molecule has 1 heterocycles. The summed E-state index contributed by atoms with van der Waals surface area (Å²) in [7, 11) is -3.10. The van der Waals surface area contributed by atoms with Gasteiger partial charge in [0.1, 0.15) is 0 Å². The number of nitrogens with zero attached hydrogens (tertiary/aromatic N) is 1. The van der Waals surface area contributed by atoms with Crippen LogP contribution in [0.4, 0.5) is 0 Å². The van der Waals surface area contributed by atoms with Crippen molar-refractivity contribution in [1.82, 2.24) is 4.90 Å². The predicted molar refractivity (Wildman–Crippen MR) is 105 cm³/mol. The maximum atomic E-state index is 13.1. The molecule has 1 atom stereocenters. The lowest BCUT2D eigenvalue weighted by Crippen LogP contribution is -2.42. The third-order valence-corrected chi connectivity index (χ3v) is 6.85. The molecule has 0 saturated carbocycles. The number of sulfone groups is 1. The zero-order valence-corrected chi connectivity index (χ0v) is 16.4. The van der Waals surface area contributed by atoms with E-state index in [4.69, 9.17) is 23.2 Å². The molecule has 1 fully saturated rings. The first-order valence-corrected chi connectivity index (χ1v) is 10.9. The van der Waals surface area contributed by atoms with Gasteiger partial charge in [-0.1, -0.05) is 53.5 Å². The first kappa shape index (κ1) is 19.2. The van der Waals surface area contributed by atoms with Gasteiger partial charge in [-0.25, -0.2) is 8.42 Å². The van der Waals surface area contributed by atoms with Gasteiger partial charge in [-0.05, 0) is 36.6 Å². The molecule has 1 aliphatic rings. The second-order valence-electron chi connectivity index (χ2n) is 6.42. The molecule has 2 aromatic carbocycles. The SMILES string of the molecule is O=C(c1ccc(Cl)cc1Cl)N(CCc1ccccc1)[C@H]1CCS(=O)(=O)C1. The molecule has 4 nitrogen and oxygen atoms in total. The van der Waals surface area contributed by atoms with Crippen molar-refractivity contribution >= 4 is 38.9 Å². The summed E-state index contributed by atoms with van der Waals surface area (Å²) < 4.78 is 23.8. The number of hydrogen-bond acceptors (Lipinski definition) is 3. The average molecular weight is 412 g/mol. The Kier molecular flexibility index (Phi) is 5.90. The fourth-order valence-electron chi connectivity index (χ4n) is 3.18. The summed E-state index contributed by atoms with van der Waals surface area (Å²) in [5.74, 6) is -0.149. The first-order chi connectivity index (χ1) is 12.4. The molecule has 0 aromatic heterocycles. The zero-order valence-electron chi connectivity index (χ0n) is 14.1. The van der Waals surface area contributed by atoms with Crippen molar-refractivity contribution in [3.05, 3.63) is 69.7 Å². The van der Waals surface area contributed by atoms with Gasteiger partial charge in [-0.2, -0.15) is 0 Å². The monoisotopic (exact) mass is 411 g/mol. The van der Waals surface area contributed by atoms with Crippen LogP contribution in [0.5, 0.6) is 0 Å². The van der Waals surface area contributed by atoms with Crippen LogP contribution >= 0.6 is 23.2 Å². The van der Waals surface area contributed by atoms with Crippen LogP contribution in [0.15, 0.2) is 48.5 Å². The van der Waals surface area contributed by atoms with Gasteiger partial charge in [0.25, 0.3) is 5.91 Å². The molecule has 0 N–H and O–H groups in total. The maximum absolute atomic E-state index is 13.1. The molecular formula is C19H19Cl2NO3S. The summed E-state index contributed by atoms with van der Waals surface area (Å²) in [5, 5.41) is 0.721. The van der Waals surface area contributed by atoms with E-state index in [0.29, 0.717) is 30.0 Å². The molecule has 7 heteroatoms. The Labute approximate surface area is 163 Å². The van der Waals surface area contributed by atoms with Crippen LogP contribution in [0, 0.1) is 0 Å². The molecule has 0 radical (unpaired) electrons. The fraction of sp³-hybridized carbons (Fsp3) is 0.316. The largest absolute Gasteiger partial charge is 0.334 e. The Morgan fingerprint density at radius 1 is 1.12 bits per heavy atom. The number of benzene rings is 2. The van der Waals surface area contributed by atoms with Gasteiger partial charge in [0, 0.05) is 17.6 Å². The molecule has 1 amide bonds. The van der Waals surface area contributed by atoms with Crippen LogP contribution in [0.1, 0.15) is 22.3 Å². The number of amides is 1. The molecule has 0 unspecified atom stereocenters. The van der Waals surface area contributed by atoms with Crippen molar-refractivity contribution in [3.63, 3.8) is 0 Å². The molecule has 0 bridgehead atoms. The van der Waals surface area contributed by atoms with Crippen molar-refractivity contribution in [3.8, 4) is 0 Å². The van der Waals surface area contributed by atoms with Crippen molar-refractivity contribution < 1.29 is 13.2 Å². The van der Waals surface area contributed by atoms with E-state index in [0.717, 1.165) is 5.56 Å². The van der Waals surface area contributed by atoms with Crippen LogP contribution in [0.3, 0.4) is 0 Å². The Balaban J connectivity index is 1.85. The summed E-state index contributed by atoms with van der Waals surface area (Å²) in [6.45, 7) is 0.433. The molecule has 3 rings (SSSR count). The van der Waals surface area contributed by atoms with Gasteiger partial charge in [-0.3, -0.25) is 4.79 Å². The minimum atomic E-state index is -3.10. The Morgan fingerprint density at radius 3 is 2.46 bits per heavy atom. The molecule has 26 heavy (non-hydrogen) atoms. The number of halogens is 2. The number of carbonyl (C=O) groups excluding carboxylic acids is 1. The molecule has 2 aromatic rings. The summed E-state index contributed by atoms with van der Waals surface area (Å²) in [6.07, 6.45) is 1.10. The van der Waals surface area contributed by atoms with E-state index in [1.807, 2.05) is 30.3 Å². The van der Waals surface area contributed by atoms with Gasteiger partial charge in [0.05, 0.1) is 22.1 Å². The quantitative estimate of drug-likeness (QED) is 0.750. The molecule has 0 spiro atoms. The third-order valence-electron chi connectivity index (χ3n) is 4.56. The standard InChI is InChI=1S/C19H19Cl2NO3S/c20-15-6-7-17(18(21)12-15)19(23)22(16-9-11-26(24,25)13-16)10-8-14-4-2-1-3-5-14/h1-7,12,16H,8-11,13H2/t16-/m0/s1. The summed E-state index contributed by atoms with van der Waals surface area (Å²) in [6, 6.07) is 14.2. The van der Waals surface area contributed by atoms with Crippen molar-refractivity contribution in [1.29, 1.82) is 0 Å². The van der Waals surface area contributed by atoms with E-state index in [1.54, 1.807) is 17.0 Å². The topological polar surface area (TPSA) is 54.5 Å². The molecule has 1 aliphatic heterocycles. The molecule has 0 aliphatic carbocycles.